The van der Waals surface area contributed by atoms with Crippen molar-refractivity contribution in [2.45, 2.75) is 19.6 Å². The molecule has 0 unspecified atom stereocenters. The predicted molar refractivity (Wildman–Crippen MR) is 80.5 cm³/mol. The third-order valence-electron chi connectivity index (χ3n) is 2.84. The quantitative estimate of drug-likeness (QED) is 0.843. The fraction of sp³-hybridized carbons (Fsp3) is 0.200. The van der Waals surface area contributed by atoms with Crippen LogP contribution in [-0.4, -0.2) is 5.11 Å². The van der Waals surface area contributed by atoms with E-state index in [2.05, 4.69) is 15.9 Å². The lowest BCUT2D eigenvalue weighted by Crippen LogP contribution is -2.02. The predicted octanol–water partition coefficient (Wildman–Crippen LogP) is 4.87. The number of aliphatic hydroxyl groups excluding tert-OH is 1. The largest absolute Gasteiger partial charge is 0.488 e. The number of rotatable bonds is 4. The SMILES string of the molecule is C[C@@H](O)c1cc(Br)ccc1OCc1cccc(F)c1Cl. The number of hydrogen-bond donors (Lipinski definition) is 1. The van der Waals surface area contributed by atoms with Crippen molar-refractivity contribution in [3.8, 4) is 5.75 Å². The van der Waals surface area contributed by atoms with Gasteiger partial charge in [-0.3, -0.25) is 0 Å². The van der Waals surface area contributed by atoms with Gasteiger partial charge in [-0.1, -0.05) is 39.7 Å². The van der Waals surface area contributed by atoms with Crippen LogP contribution in [0.3, 0.4) is 0 Å². The average Bonchev–Trinajstić information content (AvgIpc) is 2.41. The Labute approximate surface area is 130 Å². The Kier molecular flexibility index (Phi) is 5.02. The molecule has 20 heavy (non-hydrogen) atoms. The molecule has 0 aliphatic rings. The van der Waals surface area contributed by atoms with Gasteiger partial charge < -0.3 is 9.84 Å². The van der Waals surface area contributed by atoms with E-state index in [0.717, 1.165) is 4.47 Å². The van der Waals surface area contributed by atoms with Gasteiger partial charge in [-0.2, -0.15) is 0 Å². The van der Waals surface area contributed by atoms with Crippen molar-refractivity contribution in [2.24, 2.45) is 0 Å². The van der Waals surface area contributed by atoms with Crippen molar-refractivity contribution in [2.75, 3.05) is 0 Å². The minimum absolute atomic E-state index is 0.0585. The van der Waals surface area contributed by atoms with Gasteiger partial charge in [0.1, 0.15) is 18.2 Å². The summed E-state index contributed by atoms with van der Waals surface area (Å²) in [6.07, 6.45) is -0.662. The minimum atomic E-state index is -0.662. The van der Waals surface area contributed by atoms with E-state index in [4.69, 9.17) is 16.3 Å². The molecule has 0 radical (unpaired) electrons. The molecule has 0 aromatic heterocycles. The monoisotopic (exact) mass is 358 g/mol. The molecule has 2 aromatic rings. The second kappa shape index (κ2) is 6.57. The fourth-order valence-electron chi connectivity index (χ4n) is 1.79. The molecule has 2 aromatic carbocycles. The Morgan fingerprint density at radius 2 is 2.10 bits per heavy atom. The van der Waals surface area contributed by atoms with Gasteiger partial charge in [-0.15, -0.1) is 0 Å². The van der Waals surface area contributed by atoms with Crippen LogP contribution in [0.4, 0.5) is 4.39 Å². The van der Waals surface area contributed by atoms with E-state index < -0.39 is 11.9 Å². The van der Waals surface area contributed by atoms with Gasteiger partial charge in [0, 0.05) is 15.6 Å². The summed E-state index contributed by atoms with van der Waals surface area (Å²) in [6.45, 7) is 1.79. The summed E-state index contributed by atoms with van der Waals surface area (Å²) in [6, 6.07) is 9.93. The van der Waals surface area contributed by atoms with Crippen molar-refractivity contribution in [3.63, 3.8) is 0 Å². The Balaban J connectivity index is 2.21. The molecule has 0 bridgehead atoms. The lowest BCUT2D eigenvalue weighted by molar-refractivity contribution is 0.190. The number of hydrogen-bond acceptors (Lipinski definition) is 2. The van der Waals surface area contributed by atoms with Crippen molar-refractivity contribution >= 4 is 27.5 Å². The van der Waals surface area contributed by atoms with Crippen LogP contribution in [0.15, 0.2) is 40.9 Å². The number of aliphatic hydroxyl groups is 1. The molecule has 0 saturated heterocycles. The summed E-state index contributed by atoms with van der Waals surface area (Å²) in [5.41, 5.74) is 1.22. The second-order valence-electron chi connectivity index (χ2n) is 4.36. The van der Waals surface area contributed by atoms with Crippen LogP contribution in [-0.2, 0) is 6.61 Å². The molecular formula is C15H13BrClFO2. The summed E-state index contributed by atoms with van der Waals surface area (Å²) >= 11 is 9.22. The van der Waals surface area contributed by atoms with Gasteiger partial charge in [-0.05, 0) is 31.2 Å². The van der Waals surface area contributed by atoms with Crippen LogP contribution in [0.1, 0.15) is 24.2 Å². The van der Waals surface area contributed by atoms with E-state index in [0.29, 0.717) is 16.9 Å². The molecular weight excluding hydrogens is 347 g/mol. The molecule has 0 aliphatic heterocycles. The second-order valence-corrected chi connectivity index (χ2v) is 5.65. The van der Waals surface area contributed by atoms with Crippen LogP contribution in [0.5, 0.6) is 5.75 Å². The highest BCUT2D eigenvalue weighted by Gasteiger charge is 2.12. The first-order chi connectivity index (χ1) is 9.49. The zero-order valence-electron chi connectivity index (χ0n) is 10.7. The highest BCUT2D eigenvalue weighted by Crippen LogP contribution is 2.30. The summed E-state index contributed by atoms with van der Waals surface area (Å²) in [5.74, 6) is 0.0721. The maximum atomic E-state index is 13.3. The van der Waals surface area contributed by atoms with E-state index in [1.54, 1.807) is 31.2 Å². The molecule has 5 heteroatoms. The standard InChI is InChI=1S/C15H13BrClFO2/c1-9(19)12-7-11(16)5-6-14(12)20-8-10-3-2-4-13(18)15(10)17/h2-7,9,19H,8H2,1H3/t9-/m1/s1. The lowest BCUT2D eigenvalue weighted by Gasteiger charge is -2.14. The molecule has 1 N–H and O–H groups in total. The molecule has 0 spiro atoms. The Hall–Kier alpha value is -1.10. The average molecular weight is 360 g/mol. The molecule has 1 atom stereocenters. The summed E-state index contributed by atoms with van der Waals surface area (Å²) in [4.78, 5) is 0. The van der Waals surface area contributed by atoms with E-state index >= 15 is 0 Å². The molecule has 2 rings (SSSR count). The topological polar surface area (TPSA) is 29.5 Å². The van der Waals surface area contributed by atoms with E-state index in [9.17, 15) is 9.50 Å². The van der Waals surface area contributed by atoms with Crippen molar-refractivity contribution in [1.29, 1.82) is 0 Å². The van der Waals surface area contributed by atoms with Gasteiger partial charge in [-0.25, -0.2) is 4.39 Å². The maximum Gasteiger partial charge on any atom is 0.142 e. The summed E-state index contributed by atoms with van der Waals surface area (Å²) < 4.78 is 19.8. The third kappa shape index (κ3) is 3.51. The molecule has 0 saturated carbocycles. The van der Waals surface area contributed by atoms with Crippen LogP contribution in [0.2, 0.25) is 5.02 Å². The van der Waals surface area contributed by atoms with Gasteiger partial charge >= 0.3 is 0 Å². The third-order valence-corrected chi connectivity index (χ3v) is 3.75. The number of ether oxygens (including phenoxy) is 1. The van der Waals surface area contributed by atoms with Crippen LogP contribution < -0.4 is 4.74 Å². The Morgan fingerprint density at radius 1 is 1.35 bits per heavy atom. The highest BCUT2D eigenvalue weighted by atomic mass is 79.9. The summed E-state index contributed by atoms with van der Waals surface area (Å²) in [7, 11) is 0. The molecule has 0 aliphatic carbocycles. The van der Waals surface area contributed by atoms with Gasteiger partial charge in [0.15, 0.2) is 0 Å². The molecule has 0 amide bonds. The Morgan fingerprint density at radius 3 is 2.80 bits per heavy atom. The zero-order valence-corrected chi connectivity index (χ0v) is 13.1. The van der Waals surface area contributed by atoms with Gasteiger partial charge in [0.2, 0.25) is 0 Å². The minimum Gasteiger partial charge on any atom is -0.488 e. The lowest BCUT2D eigenvalue weighted by atomic mass is 10.1. The Bertz CT molecular complexity index is 617. The molecule has 2 nitrogen and oxygen atoms in total. The van der Waals surface area contributed by atoms with Crippen molar-refractivity contribution < 1.29 is 14.2 Å². The number of benzene rings is 2. The molecule has 0 fully saturated rings. The van der Waals surface area contributed by atoms with E-state index in [-0.39, 0.29) is 11.6 Å². The van der Waals surface area contributed by atoms with E-state index in [1.165, 1.54) is 6.07 Å². The van der Waals surface area contributed by atoms with Crippen molar-refractivity contribution in [1.82, 2.24) is 0 Å². The first kappa shape index (κ1) is 15.3. The number of halogens is 3. The molecule has 0 heterocycles. The first-order valence-corrected chi connectivity index (χ1v) is 7.19. The van der Waals surface area contributed by atoms with Crippen LogP contribution >= 0.6 is 27.5 Å². The van der Waals surface area contributed by atoms with Crippen molar-refractivity contribution in [3.05, 3.63) is 62.8 Å². The van der Waals surface area contributed by atoms with Crippen LogP contribution in [0.25, 0.3) is 0 Å². The first-order valence-electron chi connectivity index (χ1n) is 6.02. The van der Waals surface area contributed by atoms with Gasteiger partial charge in [0.25, 0.3) is 0 Å². The fourth-order valence-corrected chi connectivity index (χ4v) is 2.35. The zero-order chi connectivity index (χ0) is 14.7. The van der Waals surface area contributed by atoms with Crippen LogP contribution in [0, 0.1) is 5.82 Å². The smallest absolute Gasteiger partial charge is 0.142 e. The maximum absolute atomic E-state index is 13.3. The highest BCUT2D eigenvalue weighted by molar-refractivity contribution is 9.10. The van der Waals surface area contributed by atoms with E-state index in [1.807, 2.05) is 6.07 Å². The summed E-state index contributed by atoms with van der Waals surface area (Å²) in [5, 5.41) is 9.80. The molecule has 106 valence electrons. The normalized spacial score (nSPS) is 12.2. The van der Waals surface area contributed by atoms with Gasteiger partial charge in [0.05, 0.1) is 11.1 Å².